The van der Waals surface area contributed by atoms with Crippen molar-refractivity contribution in [3.63, 3.8) is 0 Å². The highest BCUT2D eigenvalue weighted by molar-refractivity contribution is 7.19. The average molecular weight is 351 g/mol. The number of carbonyl (C=O) groups is 1. The van der Waals surface area contributed by atoms with Crippen molar-refractivity contribution in [2.45, 2.75) is 19.3 Å². The summed E-state index contributed by atoms with van der Waals surface area (Å²) in [5.41, 5.74) is 0.0649. The Labute approximate surface area is 142 Å². The Balaban J connectivity index is 1.73. The summed E-state index contributed by atoms with van der Waals surface area (Å²) in [5, 5.41) is 13.7. The average Bonchev–Trinajstić information content (AvgIpc) is 3.06. The zero-order valence-electron chi connectivity index (χ0n) is 13.2. The monoisotopic (exact) mass is 351 g/mol. The van der Waals surface area contributed by atoms with Crippen LogP contribution in [0.5, 0.6) is 11.5 Å². The Morgan fingerprint density at radius 3 is 2.83 bits per heavy atom. The van der Waals surface area contributed by atoms with Gasteiger partial charge in [-0.3, -0.25) is 4.79 Å². The molecule has 0 aliphatic carbocycles. The summed E-state index contributed by atoms with van der Waals surface area (Å²) in [7, 11) is 1.30. The first-order chi connectivity index (χ1) is 11.6. The van der Waals surface area contributed by atoms with Gasteiger partial charge in [-0.15, -0.1) is 0 Å². The Kier molecular flexibility index (Phi) is 4.84. The summed E-state index contributed by atoms with van der Waals surface area (Å²) < 4.78 is 18.5. The molecule has 1 aromatic carbocycles. The largest absolute Gasteiger partial charge is 0.502 e. The molecular weight excluding hydrogens is 333 g/mol. The Hall–Kier alpha value is -2.35. The lowest BCUT2D eigenvalue weighted by atomic mass is 10.1. The van der Waals surface area contributed by atoms with E-state index >= 15 is 0 Å². The molecule has 6 nitrogen and oxygen atoms in total. The molecule has 2 N–H and O–H groups in total. The number of anilines is 2. The van der Waals surface area contributed by atoms with E-state index in [9.17, 15) is 14.3 Å². The minimum atomic E-state index is -0.905. The van der Waals surface area contributed by atoms with E-state index in [1.807, 2.05) is 0 Å². The maximum Gasteiger partial charge on any atom is 0.256 e. The molecule has 0 saturated carbocycles. The smallest absolute Gasteiger partial charge is 0.256 e. The number of methoxy groups -OCH3 is 1. The van der Waals surface area contributed by atoms with Gasteiger partial charge in [-0.1, -0.05) is 11.3 Å². The molecule has 24 heavy (non-hydrogen) atoms. The molecule has 1 amide bonds. The van der Waals surface area contributed by atoms with Crippen molar-refractivity contribution in [1.82, 2.24) is 4.98 Å². The lowest BCUT2D eigenvalue weighted by molar-refractivity contribution is 0.102. The summed E-state index contributed by atoms with van der Waals surface area (Å²) in [4.78, 5) is 18.8. The van der Waals surface area contributed by atoms with Crippen LogP contribution in [-0.4, -0.2) is 36.2 Å². The first kappa shape index (κ1) is 16.5. The minimum absolute atomic E-state index is 0.0649. The van der Waals surface area contributed by atoms with Crippen LogP contribution in [0.3, 0.4) is 0 Å². The van der Waals surface area contributed by atoms with Crippen molar-refractivity contribution >= 4 is 27.4 Å². The number of amides is 1. The fourth-order valence-electron chi connectivity index (χ4n) is 2.60. The number of phenolic OH excluding ortho intramolecular Hbond substituents is 1. The van der Waals surface area contributed by atoms with E-state index in [1.54, 1.807) is 6.20 Å². The van der Waals surface area contributed by atoms with Crippen LogP contribution in [0.25, 0.3) is 0 Å². The van der Waals surface area contributed by atoms with Crippen molar-refractivity contribution in [3.05, 3.63) is 29.7 Å². The zero-order valence-corrected chi connectivity index (χ0v) is 14.0. The van der Waals surface area contributed by atoms with Crippen LogP contribution in [0.15, 0.2) is 18.3 Å². The number of rotatable bonds is 4. The van der Waals surface area contributed by atoms with Gasteiger partial charge in [0.05, 0.1) is 13.3 Å². The summed E-state index contributed by atoms with van der Waals surface area (Å²) in [6, 6.07) is 2.26. The van der Waals surface area contributed by atoms with Gasteiger partial charge in [0, 0.05) is 18.7 Å². The van der Waals surface area contributed by atoms with Crippen LogP contribution in [0.1, 0.15) is 29.6 Å². The second-order valence-electron chi connectivity index (χ2n) is 5.52. The Morgan fingerprint density at radius 1 is 1.38 bits per heavy atom. The number of nitrogens with zero attached hydrogens (tertiary/aromatic N) is 2. The van der Waals surface area contributed by atoms with Crippen LogP contribution in [0, 0.1) is 5.82 Å². The van der Waals surface area contributed by atoms with Crippen LogP contribution in [0.4, 0.5) is 14.5 Å². The van der Waals surface area contributed by atoms with E-state index in [4.69, 9.17) is 4.74 Å². The molecule has 8 heteroatoms. The number of aromatic nitrogens is 1. The molecule has 1 aromatic heterocycles. The normalized spacial score (nSPS) is 14.5. The van der Waals surface area contributed by atoms with Gasteiger partial charge in [-0.2, -0.15) is 0 Å². The minimum Gasteiger partial charge on any atom is -0.502 e. The molecule has 3 rings (SSSR count). The maximum absolute atomic E-state index is 13.6. The van der Waals surface area contributed by atoms with E-state index in [0.29, 0.717) is 5.00 Å². The topological polar surface area (TPSA) is 74.7 Å². The highest BCUT2D eigenvalue weighted by Gasteiger charge is 2.18. The van der Waals surface area contributed by atoms with Gasteiger partial charge >= 0.3 is 0 Å². The summed E-state index contributed by atoms with van der Waals surface area (Å²) in [6.45, 7) is 1.95. The number of hydrogen-bond acceptors (Lipinski definition) is 6. The molecule has 0 atom stereocenters. The van der Waals surface area contributed by atoms with Crippen molar-refractivity contribution in [3.8, 4) is 11.5 Å². The van der Waals surface area contributed by atoms with Gasteiger partial charge in [-0.25, -0.2) is 9.37 Å². The fourth-order valence-corrected chi connectivity index (χ4v) is 3.46. The number of hydrogen-bond donors (Lipinski definition) is 2. The van der Waals surface area contributed by atoms with Crippen LogP contribution >= 0.6 is 11.3 Å². The summed E-state index contributed by atoms with van der Waals surface area (Å²) >= 11 is 1.39. The summed E-state index contributed by atoms with van der Waals surface area (Å²) in [6.07, 6.45) is 5.13. The number of piperidine rings is 1. The van der Waals surface area contributed by atoms with E-state index in [2.05, 4.69) is 15.2 Å². The lowest BCUT2D eigenvalue weighted by Crippen LogP contribution is -2.29. The van der Waals surface area contributed by atoms with Crippen molar-refractivity contribution < 1.29 is 19.0 Å². The van der Waals surface area contributed by atoms with Gasteiger partial charge in [-0.05, 0) is 31.4 Å². The number of thiazole rings is 1. The van der Waals surface area contributed by atoms with Gasteiger partial charge in [0.25, 0.3) is 5.91 Å². The van der Waals surface area contributed by atoms with Gasteiger partial charge in [0.15, 0.2) is 22.4 Å². The molecule has 0 unspecified atom stereocenters. The van der Waals surface area contributed by atoms with E-state index in [-0.39, 0.29) is 11.3 Å². The fraction of sp³-hybridized carbons (Fsp3) is 0.375. The maximum atomic E-state index is 13.6. The van der Waals surface area contributed by atoms with E-state index in [0.717, 1.165) is 37.1 Å². The molecule has 0 radical (unpaired) electrons. The van der Waals surface area contributed by atoms with Gasteiger partial charge < -0.3 is 20.1 Å². The van der Waals surface area contributed by atoms with Gasteiger partial charge in [0.1, 0.15) is 5.00 Å². The zero-order chi connectivity index (χ0) is 17.1. The second-order valence-corrected chi connectivity index (χ2v) is 6.53. The third-order valence-corrected chi connectivity index (χ3v) is 4.84. The number of nitrogens with one attached hydrogen (secondary N) is 1. The Bertz CT molecular complexity index is 744. The predicted molar refractivity (Wildman–Crippen MR) is 90.7 cm³/mol. The summed E-state index contributed by atoms with van der Waals surface area (Å²) in [5.74, 6) is -2.09. The van der Waals surface area contributed by atoms with Gasteiger partial charge in [0.2, 0.25) is 0 Å². The third-order valence-electron chi connectivity index (χ3n) is 3.87. The van der Waals surface area contributed by atoms with Crippen LogP contribution in [-0.2, 0) is 0 Å². The quantitative estimate of drug-likeness (QED) is 0.884. The third kappa shape index (κ3) is 3.43. The highest BCUT2D eigenvalue weighted by atomic mass is 32.1. The number of phenols is 1. The molecule has 0 bridgehead atoms. The van der Waals surface area contributed by atoms with Crippen molar-refractivity contribution in [2.24, 2.45) is 0 Å². The van der Waals surface area contributed by atoms with E-state index in [1.165, 1.54) is 30.9 Å². The van der Waals surface area contributed by atoms with Crippen LogP contribution < -0.4 is 15.0 Å². The number of halogens is 1. The van der Waals surface area contributed by atoms with E-state index < -0.39 is 17.5 Å². The molecule has 2 aromatic rings. The lowest BCUT2D eigenvalue weighted by Gasteiger charge is -2.25. The molecule has 1 fully saturated rings. The molecule has 128 valence electrons. The van der Waals surface area contributed by atoms with Crippen molar-refractivity contribution in [1.29, 1.82) is 0 Å². The molecule has 0 spiro atoms. The second kappa shape index (κ2) is 7.04. The first-order valence-corrected chi connectivity index (χ1v) is 8.49. The highest BCUT2D eigenvalue weighted by Crippen LogP contribution is 2.32. The molecule has 1 saturated heterocycles. The van der Waals surface area contributed by atoms with Crippen LogP contribution in [0.2, 0.25) is 0 Å². The molecule has 1 aliphatic rings. The number of benzene rings is 1. The number of ether oxygens (including phenoxy) is 1. The molecular formula is C16H18FN3O3S. The first-order valence-electron chi connectivity index (χ1n) is 7.67. The standard InChI is InChI=1S/C16H18FN3O3S/c1-23-12-8-10(7-11(17)14(12)21)15(22)19-13-9-18-16(24-13)20-5-3-2-4-6-20/h7-9,21H,2-6H2,1H3,(H,19,22). The molecule has 2 heterocycles. The number of carbonyl (C=O) groups excluding carboxylic acids is 1. The Morgan fingerprint density at radius 2 is 2.12 bits per heavy atom. The predicted octanol–water partition coefficient (Wildman–Crippen LogP) is 3.24. The SMILES string of the molecule is COc1cc(C(=O)Nc2cnc(N3CCCCC3)s2)cc(F)c1O. The molecule has 1 aliphatic heterocycles. The number of aromatic hydroxyl groups is 1. The van der Waals surface area contributed by atoms with Crippen molar-refractivity contribution in [2.75, 3.05) is 30.4 Å².